The van der Waals surface area contributed by atoms with Gasteiger partial charge in [-0.1, -0.05) is 0 Å². The van der Waals surface area contributed by atoms with Gasteiger partial charge in [-0.15, -0.1) is 0 Å². The predicted molar refractivity (Wildman–Crippen MR) is 65.8 cm³/mol. The molecular formula is C12H17N5. The second-order valence-electron chi connectivity index (χ2n) is 4.38. The van der Waals surface area contributed by atoms with Gasteiger partial charge >= 0.3 is 0 Å². The average molecular weight is 231 g/mol. The van der Waals surface area contributed by atoms with Crippen molar-refractivity contribution in [3.63, 3.8) is 0 Å². The van der Waals surface area contributed by atoms with Crippen LogP contribution in [0.2, 0.25) is 0 Å². The summed E-state index contributed by atoms with van der Waals surface area (Å²) in [6.45, 7) is 3.77. The van der Waals surface area contributed by atoms with Crippen LogP contribution in [-0.2, 0) is 0 Å². The van der Waals surface area contributed by atoms with Crippen LogP contribution >= 0.6 is 0 Å². The predicted octanol–water partition coefficient (Wildman–Crippen LogP) is 0.845. The molecule has 0 spiro atoms. The van der Waals surface area contributed by atoms with E-state index in [0.717, 1.165) is 25.2 Å². The fourth-order valence-corrected chi connectivity index (χ4v) is 2.15. The van der Waals surface area contributed by atoms with Crippen LogP contribution in [0.15, 0.2) is 6.07 Å². The normalized spacial score (nSPS) is 20.1. The summed E-state index contributed by atoms with van der Waals surface area (Å²) in [6.07, 6.45) is 2.31. The number of rotatable bonds is 2. The van der Waals surface area contributed by atoms with Crippen molar-refractivity contribution in [3.05, 3.63) is 17.5 Å². The first-order valence-corrected chi connectivity index (χ1v) is 5.91. The molecule has 0 aromatic carbocycles. The summed E-state index contributed by atoms with van der Waals surface area (Å²) in [4.78, 5) is 10.8. The molecule has 1 aromatic heterocycles. The van der Waals surface area contributed by atoms with E-state index in [1.807, 2.05) is 14.0 Å². The van der Waals surface area contributed by atoms with Crippen LogP contribution < -0.4 is 10.2 Å². The Kier molecular flexibility index (Phi) is 3.55. The third-order valence-electron chi connectivity index (χ3n) is 3.07. The monoisotopic (exact) mass is 231 g/mol. The standard InChI is InChI=1S/C12H17N5/c1-9-6-11(7-13)16-12(15-9)17-5-3-4-10(8-17)14-2/h6,10,14H,3-5,8H2,1-2H3. The maximum atomic E-state index is 8.91. The Labute approximate surface area is 101 Å². The Morgan fingerprint density at radius 3 is 3.06 bits per heavy atom. The van der Waals surface area contributed by atoms with E-state index in [9.17, 15) is 0 Å². The highest BCUT2D eigenvalue weighted by Gasteiger charge is 2.20. The van der Waals surface area contributed by atoms with E-state index in [0.29, 0.717) is 17.7 Å². The van der Waals surface area contributed by atoms with Gasteiger partial charge in [0.2, 0.25) is 5.95 Å². The second-order valence-corrected chi connectivity index (χ2v) is 4.38. The van der Waals surface area contributed by atoms with Crippen molar-refractivity contribution in [2.75, 3.05) is 25.0 Å². The first kappa shape index (κ1) is 11.8. The molecule has 1 aromatic rings. The minimum Gasteiger partial charge on any atom is -0.339 e. The van der Waals surface area contributed by atoms with E-state index >= 15 is 0 Å². The number of aryl methyl sites for hydroxylation is 1. The summed E-state index contributed by atoms with van der Waals surface area (Å²) < 4.78 is 0. The zero-order chi connectivity index (χ0) is 12.3. The lowest BCUT2D eigenvalue weighted by atomic mass is 10.1. The lowest BCUT2D eigenvalue weighted by molar-refractivity contribution is 0.445. The second kappa shape index (κ2) is 5.11. The van der Waals surface area contributed by atoms with E-state index in [4.69, 9.17) is 5.26 Å². The number of anilines is 1. The van der Waals surface area contributed by atoms with Crippen LogP contribution in [-0.4, -0.2) is 36.1 Å². The van der Waals surface area contributed by atoms with Crippen molar-refractivity contribution in [1.29, 1.82) is 5.26 Å². The van der Waals surface area contributed by atoms with Gasteiger partial charge in [0, 0.05) is 24.8 Å². The highest BCUT2D eigenvalue weighted by Crippen LogP contribution is 2.16. The Bertz CT molecular complexity index is 437. The van der Waals surface area contributed by atoms with Crippen molar-refractivity contribution in [2.45, 2.75) is 25.8 Å². The fourth-order valence-electron chi connectivity index (χ4n) is 2.15. The molecular weight excluding hydrogens is 214 g/mol. The molecule has 1 N–H and O–H groups in total. The molecule has 0 aliphatic carbocycles. The molecule has 2 heterocycles. The van der Waals surface area contributed by atoms with Gasteiger partial charge in [-0.2, -0.15) is 5.26 Å². The van der Waals surface area contributed by atoms with Crippen LogP contribution in [0.4, 0.5) is 5.95 Å². The van der Waals surface area contributed by atoms with Gasteiger partial charge in [0.05, 0.1) is 0 Å². The van der Waals surface area contributed by atoms with Crippen molar-refractivity contribution >= 4 is 5.95 Å². The smallest absolute Gasteiger partial charge is 0.226 e. The van der Waals surface area contributed by atoms with E-state index in [2.05, 4.69) is 26.3 Å². The quantitative estimate of drug-likeness (QED) is 0.817. The molecule has 90 valence electrons. The molecule has 1 fully saturated rings. The first-order valence-electron chi connectivity index (χ1n) is 5.91. The zero-order valence-corrected chi connectivity index (χ0v) is 10.3. The van der Waals surface area contributed by atoms with Crippen LogP contribution in [0.25, 0.3) is 0 Å². The molecule has 0 bridgehead atoms. The number of nitrogens with zero attached hydrogens (tertiary/aromatic N) is 4. The summed E-state index contributed by atoms with van der Waals surface area (Å²) >= 11 is 0. The van der Waals surface area contributed by atoms with Crippen LogP contribution in [0.3, 0.4) is 0 Å². The minimum absolute atomic E-state index is 0.444. The maximum absolute atomic E-state index is 8.91. The van der Waals surface area contributed by atoms with Gasteiger partial charge in [0.15, 0.2) is 0 Å². The van der Waals surface area contributed by atoms with E-state index < -0.39 is 0 Å². The van der Waals surface area contributed by atoms with Crippen molar-refractivity contribution in [1.82, 2.24) is 15.3 Å². The lowest BCUT2D eigenvalue weighted by Gasteiger charge is -2.32. The Morgan fingerprint density at radius 1 is 1.53 bits per heavy atom. The van der Waals surface area contributed by atoms with Gasteiger partial charge in [0.25, 0.3) is 0 Å². The summed E-state index contributed by atoms with van der Waals surface area (Å²) in [5.74, 6) is 0.682. The molecule has 1 aliphatic rings. The summed E-state index contributed by atoms with van der Waals surface area (Å²) in [5.41, 5.74) is 1.29. The molecule has 1 aliphatic heterocycles. The maximum Gasteiger partial charge on any atom is 0.226 e. The van der Waals surface area contributed by atoms with Crippen LogP contribution in [0.1, 0.15) is 24.2 Å². The van der Waals surface area contributed by atoms with Gasteiger partial charge in [0.1, 0.15) is 11.8 Å². The molecule has 1 unspecified atom stereocenters. The SMILES string of the molecule is CNC1CCCN(c2nc(C)cc(C#N)n2)C1. The molecule has 0 amide bonds. The van der Waals surface area contributed by atoms with Crippen molar-refractivity contribution in [2.24, 2.45) is 0 Å². The van der Waals surface area contributed by atoms with E-state index in [-0.39, 0.29) is 0 Å². The topological polar surface area (TPSA) is 64.8 Å². The number of hydrogen-bond donors (Lipinski definition) is 1. The molecule has 5 heteroatoms. The third-order valence-corrected chi connectivity index (χ3v) is 3.07. The van der Waals surface area contributed by atoms with Gasteiger partial charge in [-0.25, -0.2) is 9.97 Å². The highest BCUT2D eigenvalue weighted by atomic mass is 15.3. The molecule has 0 radical (unpaired) electrons. The number of nitriles is 1. The summed E-state index contributed by atoms with van der Waals surface area (Å²) in [6, 6.07) is 4.28. The van der Waals surface area contributed by atoms with Crippen LogP contribution in [0, 0.1) is 18.3 Å². The number of piperidine rings is 1. The zero-order valence-electron chi connectivity index (χ0n) is 10.3. The molecule has 5 nitrogen and oxygen atoms in total. The Hall–Kier alpha value is -1.67. The summed E-state index contributed by atoms with van der Waals surface area (Å²) in [5, 5.41) is 12.2. The molecule has 1 saturated heterocycles. The highest BCUT2D eigenvalue weighted by molar-refractivity contribution is 5.36. The molecule has 0 saturated carbocycles. The Morgan fingerprint density at radius 2 is 2.35 bits per heavy atom. The minimum atomic E-state index is 0.444. The largest absolute Gasteiger partial charge is 0.339 e. The summed E-state index contributed by atoms with van der Waals surface area (Å²) in [7, 11) is 1.98. The molecule has 17 heavy (non-hydrogen) atoms. The average Bonchev–Trinajstić information content (AvgIpc) is 2.38. The van der Waals surface area contributed by atoms with Gasteiger partial charge < -0.3 is 10.2 Å². The molecule has 2 rings (SSSR count). The number of aromatic nitrogens is 2. The fraction of sp³-hybridized carbons (Fsp3) is 0.583. The van der Waals surface area contributed by atoms with Gasteiger partial charge in [-0.3, -0.25) is 0 Å². The number of hydrogen-bond acceptors (Lipinski definition) is 5. The number of nitrogens with one attached hydrogen (secondary N) is 1. The van der Waals surface area contributed by atoms with E-state index in [1.165, 1.54) is 6.42 Å². The third kappa shape index (κ3) is 2.71. The van der Waals surface area contributed by atoms with Gasteiger partial charge in [-0.05, 0) is 32.9 Å². The Balaban J connectivity index is 2.21. The van der Waals surface area contributed by atoms with Crippen LogP contribution in [0.5, 0.6) is 0 Å². The van der Waals surface area contributed by atoms with Crippen molar-refractivity contribution < 1.29 is 0 Å². The lowest BCUT2D eigenvalue weighted by Crippen LogP contribution is -2.45. The van der Waals surface area contributed by atoms with Crippen molar-refractivity contribution in [3.8, 4) is 6.07 Å². The first-order chi connectivity index (χ1) is 8.22. The molecule has 1 atom stereocenters. The number of likely N-dealkylation sites (N-methyl/N-ethyl adjacent to an activating group) is 1. The van der Waals surface area contributed by atoms with E-state index in [1.54, 1.807) is 6.07 Å².